The molecule has 1 aliphatic heterocycles. The molecule has 206 valence electrons. The van der Waals surface area contributed by atoms with E-state index in [1.54, 1.807) is 0 Å². The van der Waals surface area contributed by atoms with Crippen molar-refractivity contribution < 1.29 is 28.6 Å². The quantitative estimate of drug-likeness (QED) is 0.191. The van der Waals surface area contributed by atoms with E-state index in [9.17, 15) is 19.5 Å². The summed E-state index contributed by atoms with van der Waals surface area (Å²) in [6.45, 7) is 6.02. The van der Waals surface area contributed by atoms with Crippen LogP contribution in [0.15, 0.2) is 73.3 Å². The second kappa shape index (κ2) is 9.90. The van der Waals surface area contributed by atoms with Crippen LogP contribution in [0.1, 0.15) is 33.4 Å². The Morgan fingerprint density at radius 3 is 2.21 bits per heavy atom. The van der Waals surface area contributed by atoms with E-state index >= 15 is 0 Å². The maximum Gasteiger partial charge on any atom is 0.359 e. The summed E-state index contributed by atoms with van der Waals surface area (Å²) >= 11 is 0. The van der Waals surface area contributed by atoms with Crippen molar-refractivity contribution in [2.45, 2.75) is 49.9 Å². The van der Waals surface area contributed by atoms with Gasteiger partial charge in [-0.15, -0.1) is 0 Å². The Bertz CT molecular complexity index is 1470. The molecule has 0 radical (unpaired) electrons. The largest absolute Gasteiger partial charge is 0.405 e. The van der Waals surface area contributed by atoms with Gasteiger partial charge in [0.05, 0.1) is 12.9 Å². The molecule has 1 aliphatic rings. The lowest BCUT2D eigenvalue weighted by atomic mass is 10.2. The fourth-order valence-electron chi connectivity index (χ4n) is 5.42. The standard InChI is InChI=1S/C26H32N5O6PSi/c1-25(2,3)39(18-10-6-4-7-11-18,19-12-8-5-9-13-19)36-15-20-26(32,38(33,34)35)14-21(37-20)31-17-30-22-23(27)28-16-29-24(22)31/h4-13,16-17,20-21,32H,14-15H2,1-3H3,(H2,27,28,29)(H2,33,34,35)/t20-,21-,26+/m1/s1. The van der Waals surface area contributed by atoms with Gasteiger partial charge in [-0.3, -0.25) is 9.13 Å². The molecule has 13 heteroatoms. The molecule has 3 heterocycles. The predicted molar refractivity (Wildman–Crippen MR) is 149 cm³/mol. The molecule has 1 saturated heterocycles. The lowest BCUT2D eigenvalue weighted by Crippen LogP contribution is -2.67. The zero-order valence-corrected chi connectivity index (χ0v) is 23.8. The molecule has 0 amide bonds. The van der Waals surface area contributed by atoms with Crippen LogP contribution in [-0.4, -0.2) is 60.8 Å². The van der Waals surface area contributed by atoms with Crippen molar-refractivity contribution in [3.8, 4) is 0 Å². The minimum absolute atomic E-state index is 0.161. The van der Waals surface area contributed by atoms with Gasteiger partial charge in [-0.2, -0.15) is 0 Å². The Hall–Kier alpha value is -2.96. The molecule has 0 bridgehead atoms. The van der Waals surface area contributed by atoms with E-state index < -0.39 is 40.0 Å². The van der Waals surface area contributed by atoms with E-state index in [4.69, 9.17) is 14.9 Å². The van der Waals surface area contributed by atoms with Gasteiger partial charge in [0.15, 0.2) is 16.8 Å². The molecule has 5 N–H and O–H groups in total. The fraction of sp³-hybridized carbons (Fsp3) is 0.346. The van der Waals surface area contributed by atoms with E-state index in [0.717, 1.165) is 10.4 Å². The van der Waals surface area contributed by atoms with Gasteiger partial charge in [0.1, 0.15) is 24.2 Å². The van der Waals surface area contributed by atoms with Gasteiger partial charge < -0.3 is 29.8 Å². The Morgan fingerprint density at radius 2 is 1.67 bits per heavy atom. The number of fused-ring (bicyclic) bond motifs is 1. The second-order valence-corrected chi connectivity index (χ2v) is 16.9. The molecule has 1 fully saturated rings. The number of ether oxygens (including phenoxy) is 1. The summed E-state index contributed by atoms with van der Waals surface area (Å²) in [5, 5.41) is 10.6. The number of nitrogen functional groups attached to an aromatic ring is 1. The number of hydrogen-bond acceptors (Lipinski definition) is 8. The third-order valence-corrected chi connectivity index (χ3v) is 13.9. The van der Waals surface area contributed by atoms with Gasteiger partial charge in [-0.25, -0.2) is 15.0 Å². The molecule has 11 nitrogen and oxygen atoms in total. The zero-order chi connectivity index (χ0) is 28.1. The first-order valence-electron chi connectivity index (χ1n) is 12.5. The van der Waals surface area contributed by atoms with E-state index in [2.05, 4.69) is 35.7 Å². The normalized spacial score (nSPS) is 22.4. The summed E-state index contributed by atoms with van der Waals surface area (Å²) in [6, 6.07) is 19.7. The zero-order valence-electron chi connectivity index (χ0n) is 21.9. The Morgan fingerprint density at radius 1 is 1.08 bits per heavy atom. The molecule has 2 aromatic heterocycles. The van der Waals surface area contributed by atoms with Gasteiger partial charge in [0, 0.05) is 6.42 Å². The van der Waals surface area contributed by atoms with Gasteiger partial charge in [-0.1, -0.05) is 81.4 Å². The summed E-state index contributed by atoms with van der Waals surface area (Å²) in [6.07, 6.45) is -0.0482. The molecule has 0 unspecified atom stereocenters. The molecule has 0 aliphatic carbocycles. The third-order valence-electron chi connectivity index (χ3n) is 7.38. The highest BCUT2D eigenvalue weighted by atomic mass is 31.2. The lowest BCUT2D eigenvalue weighted by Gasteiger charge is -2.44. The topological polar surface area (TPSA) is 166 Å². The summed E-state index contributed by atoms with van der Waals surface area (Å²) in [5.74, 6) is 0.161. The third kappa shape index (κ3) is 4.61. The average molecular weight is 570 g/mol. The van der Waals surface area contributed by atoms with Crippen molar-refractivity contribution in [3.05, 3.63) is 73.3 Å². The van der Waals surface area contributed by atoms with Crippen molar-refractivity contribution in [2.75, 3.05) is 12.3 Å². The molecule has 0 saturated carbocycles. The number of benzene rings is 2. The van der Waals surface area contributed by atoms with Crippen molar-refractivity contribution >= 4 is 43.3 Å². The maximum absolute atomic E-state index is 12.7. The number of anilines is 1. The molecule has 0 spiro atoms. The summed E-state index contributed by atoms with van der Waals surface area (Å²) in [5.41, 5.74) is 6.56. The van der Waals surface area contributed by atoms with Crippen molar-refractivity contribution in [2.24, 2.45) is 0 Å². The average Bonchev–Trinajstić information content (AvgIpc) is 3.47. The monoisotopic (exact) mass is 569 g/mol. The van der Waals surface area contributed by atoms with Gasteiger partial charge in [-0.05, 0) is 15.4 Å². The Labute approximate surface area is 227 Å². The number of aromatic nitrogens is 4. The molecule has 39 heavy (non-hydrogen) atoms. The summed E-state index contributed by atoms with van der Waals surface area (Å²) in [4.78, 5) is 33.0. The maximum atomic E-state index is 12.7. The van der Waals surface area contributed by atoms with Gasteiger partial charge >= 0.3 is 7.60 Å². The first-order chi connectivity index (χ1) is 18.4. The van der Waals surface area contributed by atoms with Crippen molar-refractivity contribution in [1.82, 2.24) is 19.5 Å². The van der Waals surface area contributed by atoms with Crippen molar-refractivity contribution in [1.29, 1.82) is 0 Å². The highest BCUT2D eigenvalue weighted by Gasteiger charge is 2.61. The van der Waals surface area contributed by atoms with E-state index in [1.165, 1.54) is 17.2 Å². The van der Waals surface area contributed by atoms with Crippen LogP contribution in [-0.2, 0) is 13.7 Å². The van der Waals surface area contributed by atoms with E-state index in [-0.39, 0.29) is 17.5 Å². The van der Waals surface area contributed by atoms with Crippen LogP contribution in [0.3, 0.4) is 0 Å². The first kappa shape index (κ1) is 27.6. The van der Waals surface area contributed by atoms with Gasteiger partial charge in [0.25, 0.3) is 8.32 Å². The number of hydrogen-bond donors (Lipinski definition) is 4. The van der Waals surface area contributed by atoms with Crippen LogP contribution in [0.2, 0.25) is 5.04 Å². The molecule has 5 rings (SSSR count). The van der Waals surface area contributed by atoms with E-state index in [0.29, 0.717) is 11.2 Å². The molecule has 4 aromatic rings. The van der Waals surface area contributed by atoms with Crippen LogP contribution in [0.5, 0.6) is 0 Å². The smallest absolute Gasteiger partial charge is 0.359 e. The van der Waals surface area contributed by atoms with Gasteiger partial charge in [0.2, 0.25) is 0 Å². The van der Waals surface area contributed by atoms with Crippen LogP contribution in [0, 0.1) is 0 Å². The number of nitrogens with two attached hydrogens (primary N) is 1. The highest BCUT2D eigenvalue weighted by Crippen LogP contribution is 2.59. The molecular weight excluding hydrogens is 537 g/mol. The first-order valence-corrected chi connectivity index (χ1v) is 16.0. The molecule has 2 aromatic carbocycles. The summed E-state index contributed by atoms with van der Waals surface area (Å²) in [7, 11) is -8.16. The Balaban J connectivity index is 1.56. The highest BCUT2D eigenvalue weighted by molar-refractivity contribution is 7.53. The van der Waals surface area contributed by atoms with Crippen LogP contribution >= 0.6 is 7.60 Å². The van der Waals surface area contributed by atoms with Crippen LogP contribution in [0.25, 0.3) is 11.2 Å². The predicted octanol–water partition coefficient (Wildman–Crippen LogP) is 2.14. The number of nitrogens with zero attached hydrogens (tertiary/aromatic N) is 4. The SMILES string of the molecule is CC(C)(C)[Si](OC[C@H]1O[C@@H](n2cnc3c(N)ncnc32)C[C@]1(O)P(=O)(O)O)(c1ccccc1)c1ccccc1. The molecular formula is C26H32N5O6PSi. The Kier molecular flexibility index (Phi) is 7.00. The van der Waals surface area contributed by atoms with Crippen molar-refractivity contribution in [3.63, 3.8) is 0 Å². The number of rotatable bonds is 7. The summed E-state index contributed by atoms with van der Waals surface area (Å²) < 4.78 is 27.2. The second-order valence-electron chi connectivity index (χ2n) is 10.8. The fourth-order valence-corrected chi connectivity index (χ4v) is 10.9. The number of imidazole rings is 1. The number of aliphatic hydroxyl groups is 1. The van der Waals surface area contributed by atoms with Crippen LogP contribution in [0.4, 0.5) is 5.82 Å². The lowest BCUT2D eigenvalue weighted by molar-refractivity contribution is -0.0562. The minimum Gasteiger partial charge on any atom is -0.405 e. The van der Waals surface area contributed by atoms with E-state index in [1.807, 2.05) is 60.7 Å². The minimum atomic E-state index is -5.08. The molecule has 3 atom stereocenters. The van der Waals surface area contributed by atoms with Crippen LogP contribution < -0.4 is 16.1 Å².